The third-order valence-corrected chi connectivity index (χ3v) is 6.07. The van der Waals surface area contributed by atoms with Crippen LogP contribution < -0.4 is 10.3 Å². The quantitative estimate of drug-likeness (QED) is 0.289. The van der Waals surface area contributed by atoms with E-state index in [1.54, 1.807) is 38.1 Å². The van der Waals surface area contributed by atoms with Gasteiger partial charge in [-0.15, -0.1) is 0 Å². The molecule has 0 bridgehead atoms. The summed E-state index contributed by atoms with van der Waals surface area (Å²) < 4.78 is 7.34. The molecule has 0 aliphatic carbocycles. The molecule has 1 unspecified atom stereocenters. The molecular weight excluding hydrogens is 456 g/mol. The number of aromatic amines is 2. The van der Waals surface area contributed by atoms with Gasteiger partial charge >= 0.3 is 0 Å². The van der Waals surface area contributed by atoms with Gasteiger partial charge in [-0.1, -0.05) is 18.2 Å². The summed E-state index contributed by atoms with van der Waals surface area (Å²) in [4.78, 5) is 32.3. The molecule has 1 atom stereocenters. The molecular formula is C27H26N6O3. The number of methoxy groups -OCH3 is 1. The number of aryl methyl sites for hydroxylation is 1. The van der Waals surface area contributed by atoms with Crippen molar-refractivity contribution in [2.45, 2.75) is 13.3 Å². The molecule has 0 amide bonds. The van der Waals surface area contributed by atoms with Gasteiger partial charge in [-0.2, -0.15) is 0 Å². The highest BCUT2D eigenvalue weighted by Gasteiger charge is 2.16. The molecule has 0 saturated heterocycles. The molecule has 182 valence electrons. The van der Waals surface area contributed by atoms with Gasteiger partial charge in [0.15, 0.2) is 0 Å². The molecule has 5 aromatic rings. The molecule has 9 heteroatoms. The number of H-pyrrole nitrogens is 2. The Morgan fingerprint density at radius 3 is 2.89 bits per heavy atom. The molecule has 0 fully saturated rings. The third-order valence-electron chi connectivity index (χ3n) is 6.07. The highest BCUT2D eigenvalue weighted by Crippen LogP contribution is 2.29. The summed E-state index contributed by atoms with van der Waals surface area (Å²) in [7, 11) is 1.62. The van der Waals surface area contributed by atoms with Crippen molar-refractivity contribution in [2.75, 3.05) is 13.7 Å². The Bertz CT molecular complexity index is 1580. The van der Waals surface area contributed by atoms with Crippen LogP contribution in [0.15, 0.2) is 77.2 Å². The van der Waals surface area contributed by atoms with Crippen LogP contribution in [0.4, 0.5) is 5.69 Å². The minimum Gasteiger partial charge on any atom is -0.496 e. The second-order valence-electron chi connectivity index (χ2n) is 8.52. The lowest BCUT2D eigenvalue weighted by atomic mass is 10.0. The van der Waals surface area contributed by atoms with E-state index in [9.17, 15) is 9.90 Å². The van der Waals surface area contributed by atoms with Gasteiger partial charge < -0.3 is 24.4 Å². The molecule has 36 heavy (non-hydrogen) atoms. The standard InChI is InChI=1S/C27H26N6O3/c1-17-11-20(33-10-9-28-16-33)13-22-25(17)32-26(31-22)24-21(7-8-29-27(24)35)30-14-18(15-34)12-19-5-3-4-6-23(19)36-2/h3-11,13-14,16,18,34H,12,15H2,1-2H3,(H,29,35)(H,31,32). The molecule has 0 radical (unpaired) electrons. The lowest BCUT2D eigenvalue weighted by molar-refractivity contribution is 0.262. The number of ether oxygens (including phenoxy) is 1. The molecule has 0 spiro atoms. The first-order valence-corrected chi connectivity index (χ1v) is 11.5. The molecule has 0 saturated carbocycles. The number of aliphatic imine (C=N–C) groups is 1. The van der Waals surface area contributed by atoms with Crippen LogP contribution in [0.25, 0.3) is 28.1 Å². The Hall–Kier alpha value is -4.50. The van der Waals surface area contributed by atoms with Crippen LogP contribution in [0.1, 0.15) is 11.1 Å². The van der Waals surface area contributed by atoms with E-state index in [1.165, 1.54) is 0 Å². The Labute approximate surface area is 207 Å². The fourth-order valence-corrected chi connectivity index (χ4v) is 4.26. The minimum absolute atomic E-state index is 0.0963. The van der Waals surface area contributed by atoms with E-state index >= 15 is 0 Å². The topological polar surface area (TPSA) is 121 Å². The maximum atomic E-state index is 12.9. The molecule has 9 nitrogen and oxygen atoms in total. The zero-order valence-electron chi connectivity index (χ0n) is 20.0. The van der Waals surface area contributed by atoms with Crippen molar-refractivity contribution in [2.24, 2.45) is 10.9 Å². The summed E-state index contributed by atoms with van der Waals surface area (Å²) in [6.07, 6.45) is 9.10. The summed E-state index contributed by atoms with van der Waals surface area (Å²) in [5, 5.41) is 9.98. The number of imidazole rings is 2. The average Bonchev–Trinajstić information content (AvgIpc) is 3.57. The number of hydrogen-bond donors (Lipinski definition) is 3. The normalized spacial score (nSPS) is 12.4. The van der Waals surface area contributed by atoms with E-state index in [0.29, 0.717) is 23.5 Å². The number of aliphatic hydroxyl groups is 1. The number of para-hydroxylation sites is 1. The van der Waals surface area contributed by atoms with Crippen LogP contribution in [0.5, 0.6) is 5.75 Å². The Morgan fingerprint density at radius 2 is 2.11 bits per heavy atom. The summed E-state index contributed by atoms with van der Waals surface area (Å²) in [5.41, 5.74) is 4.95. The van der Waals surface area contributed by atoms with Crippen molar-refractivity contribution in [3.05, 3.63) is 88.9 Å². The van der Waals surface area contributed by atoms with E-state index in [2.05, 4.69) is 19.9 Å². The first-order chi connectivity index (χ1) is 17.6. The molecule has 0 aliphatic rings. The van der Waals surface area contributed by atoms with Crippen LogP contribution in [-0.2, 0) is 6.42 Å². The predicted octanol–water partition coefficient (Wildman–Crippen LogP) is 3.97. The van der Waals surface area contributed by atoms with Crippen molar-refractivity contribution in [3.63, 3.8) is 0 Å². The van der Waals surface area contributed by atoms with Gasteiger partial charge in [-0.3, -0.25) is 9.79 Å². The maximum absolute atomic E-state index is 12.9. The lowest BCUT2D eigenvalue weighted by Crippen LogP contribution is -2.12. The number of pyridine rings is 1. The number of nitrogens with one attached hydrogen (secondary N) is 2. The number of hydrogen-bond acceptors (Lipinski definition) is 6. The molecule has 3 heterocycles. The monoisotopic (exact) mass is 482 g/mol. The van der Waals surface area contributed by atoms with E-state index < -0.39 is 0 Å². The third kappa shape index (κ3) is 4.56. The van der Waals surface area contributed by atoms with Crippen LogP contribution >= 0.6 is 0 Å². The minimum atomic E-state index is -0.304. The second kappa shape index (κ2) is 10.0. The van der Waals surface area contributed by atoms with Gasteiger partial charge in [0.25, 0.3) is 5.56 Å². The zero-order chi connectivity index (χ0) is 25.1. The Kier molecular flexibility index (Phi) is 6.46. The van der Waals surface area contributed by atoms with Crippen molar-refractivity contribution in [3.8, 4) is 22.8 Å². The zero-order valence-corrected chi connectivity index (χ0v) is 20.0. The van der Waals surface area contributed by atoms with Crippen molar-refractivity contribution < 1.29 is 9.84 Å². The number of benzene rings is 2. The number of rotatable bonds is 8. The first kappa shape index (κ1) is 23.3. The maximum Gasteiger partial charge on any atom is 0.261 e. The van der Waals surface area contributed by atoms with Crippen LogP contribution in [-0.4, -0.2) is 49.5 Å². The number of fused-ring (bicyclic) bond motifs is 1. The van der Waals surface area contributed by atoms with Crippen molar-refractivity contribution in [1.29, 1.82) is 0 Å². The molecule has 0 aliphatic heterocycles. The van der Waals surface area contributed by atoms with Gasteiger partial charge in [-0.25, -0.2) is 9.97 Å². The molecule has 3 N–H and O–H groups in total. The second-order valence-corrected chi connectivity index (χ2v) is 8.52. The van der Waals surface area contributed by atoms with Crippen LogP contribution in [0.2, 0.25) is 0 Å². The van der Waals surface area contributed by atoms with Gasteiger partial charge in [-0.05, 0) is 48.7 Å². The molecule has 5 rings (SSSR count). The lowest BCUT2D eigenvalue weighted by Gasteiger charge is -2.12. The van der Waals surface area contributed by atoms with E-state index in [4.69, 9.17) is 9.72 Å². The average molecular weight is 483 g/mol. The predicted molar refractivity (Wildman–Crippen MR) is 139 cm³/mol. The van der Waals surface area contributed by atoms with Crippen LogP contribution in [0.3, 0.4) is 0 Å². The van der Waals surface area contributed by atoms with E-state index in [0.717, 1.165) is 33.6 Å². The molecule has 3 aromatic heterocycles. The van der Waals surface area contributed by atoms with Crippen molar-refractivity contribution in [1.82, 2.24) is 24.5 Å². The fraction of sp³-hybridized carbons (Fsp3) is 0.185. The smallest absolute Gasteiger partial charge is 0.261 e. The van der Waals surface area contributed by atoms with Gasteiger partial charge in [0.05, 0.1) is 36.8 Å². The highest BCUT2D eigenvalue weighted by atomic mass is 16.5. The fourth-order valence-electron chi connectivity index (χ4n) is 4.26. The number of aliphatic hydroxyl groups excluding tert-OH is 1. The highest BCUT2D eigenvalue weighted by molar-refractivity contribution is 5.86. The first-order valence-electron chi connectivity index (χ1n) is 11.5. The van der Waals surface area contributed by atoms with E-state index in [-0.39, 0.29) is 18.1 Å². The Balaban J connectivity index is 1.50. The van der Waals surface area contributed by atoms with Gasteiger partial charge in [0.2, 0.25) is 0 Å². The largest absolute Gasteiger partial charge is 0.496 e. The van der Waals surface area contributed by atoms with Gasteiger partial charge in [0, 0.05) is 36.4 Å². The Morgan fingerprint density at radius 1 is 1.25 bits per heavy atom. The summed E-state index contributed by atoms with van der Waals surface area (Å²) in [5.74, 6) is 0.924. The SMILES string of the molecule is COc1ccccc1CC(C=Nc1cc[nH]c(=O)c1-c1nc2c(C)cc(-n3ccnc3)cc2[nH]1)CO. The van der Waals surface area contributed by atoms with E-state index in [1.807, 2.05) is 54.1 Å². The number of nitrogens with zero attached hydrogens (tertiary/aromatic N) is 4. The van der Waals surface area contributed by atoms with Crippen LogP contribution in [0, 0.1) is 12.8 Å². The molecule has 2 aromatic carbocycles. The van der Waals surface area contributed by atoms with Crippen molar-refractivity contribution >= 4 is 22.9 Å². The number of aromatic nitrogens is 5. The summed E-state index contributed by atoms with van der Waals surface area (Å²) >= 11 is 0. The summed E-state index contributed by atoms with van der Waals surface area (Å²) in [6, 6.07) is 13.4. The summed E-state index contributed by atoms with van der Waals surface area (Å²) in [6.45, 7) is 1.88. The van der Waals surface area contributed by atoms with Gasteiger partial charge in [0.1, 0.15) is 17.1 Å².